The zero-order valence-corrected chi connectivity index (χ0v) is 10.3. The Labute approximate surface area is 99.4 Å². The molecule has 0 aromatic rings. The summed E-state index contributed by atoms with van der Waals surface area (Å²) in [5, 5.41) is 1.32. The number of halogens is 1. The molecule has 0 saturated carbocycles. The Morgan fingerprint density at radius 2 is 2.24 bits per heavy atom. The monoisotopic (exact) mass is 266 g/mol. The van der Waals surface area contributed by atoms with Gasteiger partial charge >= 0.3 is 10.2 Å². The Bertz CT molecular complexity index is 409. The summed E-state index contributed by atoms with van der Waals surface area (Å²) in [4.78, 5) is 23.2. The number of nitrogens with zero attached hydrogens (tertiary/aromatic N) is 1. The van der Waals surface area contributed by atoms with E-state index in [0.29, 0.717) is 19.5 Å². The van der Waals surface area contributed by atoms with E-state index in [1.165, 1.54) is 11.8 Å². The molecule has 2 amide bonds. The maximum Gasteiger partial charge on any atom is 0.307 e. The van der Waals surface area contributed by atoms with Crippen molar-refractivity contribution < 1.29 is 21.9 Å². The molecule has 1 aliphatic heterocycles. The van der Waals surface area contributed by atoms with Crippen molar-refractivity contribution >= 4 is 22.0 Å². The van der Waals surface area contributed by atoms with Crippen LogP contribution in [0.25, 0.3) is 0 Å². The molecule has 98 valence electrons. The highest BCUT2D eigenvalue weighted by Gasteiger charge is 2.37. The highest BCUT2D eigenvalue weighted by Crippen LogP contribution is 2.19. The number of carbonyl (C=O) groups excluding carboxylic acids is 2. The molecule has 0 aromatic heterocycles. The smallest absolute Gasteiger partial charge is 0.307 e. The maximum atomic E-state index is 12.7. The van der Waals surface area contributed by atoms with Gasteiger partial charge in [-0.15, -0.1) is 3.89 Å². The van der Waals surface area contributed by atoms with Crippen molar-refractivity contribution in [2.45, 2.75) is 25.0 Å². The van der Waals surface area contributed by atoms with E-state index in [-0.39, 0.29) is 24.8 Å². The van der Waals surface area contributed by atoms with E-state index in [4.69, 9.17) is 0 Å². The molecule has 1 heterocycles. The van der Waals surface area contributed by atoms with E-state index in [0.717, 1.165) is 0 Å². The second kappa shape index (κ2) is 5.44. The van der Waals surface area contributed by atoms with Crippen LogP contribution in [0.1, 0.15) is 19.8 Å². The molecule has 1 unspecified atom stereocenters. The fraction of sp³-hybridized carbons (Fsp3) is 0.778. The Balaban J connectivity index is 2.36. The summed E-state index contributed by atoms with van der Waals surface area (Å²) in [7, 11) is -4.64. The number of amides is 2. The van der Waals surface area contributed by atoms with E-state index in [2.05, 4.69) is 5.32 Å². The second-order valence-electron chi connectivity index (χ2n) is 3.98. The molecule has 0 spiro atoms. The number of hydrogen-bond acceptors (Lipinski definition) is 4. The van der Waals surface area contributed by atoms with Crippen molar-refractivity contribution in [1.29, 1.82) is 0 Å². The minimum absolute atomic E-state index is 0.0995. The molecule has 1 fully saturated rings. The third-order valence-corrected chi connectivity index (χ3v) is 3.67. The fourth-order valence-corrected chi connectivity index (χ4v) is 2.37. The number of likely N-dealkylation sites (tertiary alicyclic amines) is 1. The number of carbonyl (C=O) groups is 2. The van der Waals surface area contributed by atoms with Gasteiger partial charge < -0.3 is 10.2 Å². The van der Waals surface area contributed by atoms with Crippen molar-refractivity contribution in [2.24, 2.45) is 0 Å². The minimum atomic E-state index is -4.64. The molecular formula is C9H15FN2O4S. The van der Waals surface area contributed by atoms with Gasteiger partial charge in [0, 0.05) is 33.0 Å². The maximum absolute atomic E-state index is 12.7. The molecule has 1 rings (SSSR count). The van der Waals surface area contributed by atoms with Crippen LogP contribution in [0, 0.1) is 0 Å². The molecule has 8 heteroatoms. The van der Waals surface area contributed by atoms with Crippen LogP contribution in [0.5, 0.6) is 0 Å². The SMILES string of the molecule is CC(=O)NCCCN1CC(S(=O)(=O)F)CC1=O. The van der Waals surface area contributed by atoms with Gasteiger partial charge in [0.05, 0.1) is 0 Å². The van der Waals surface area contributed by atoms with Crippen LogP contribution < -0.4 is 5.32 Å². The molecule has 17 heavy (non-hydrogen) atoms. The highest BCUT2D eigenvalue weighted by atomic mass is 32.3. The quantitative estimate of drug-likeness (QED) is 0.532. The van der Waals surface area contributed by atoms with Crippen LogP contribution in [-0.2, 0) is 19.8 Å². The van der Waals surface area contributed by atoms with Crippen LogP contribution in [0.15, 0.2) is 0 Å². The minimum Gasteiger partial charge on any atom is -0.356 e. The van der Waals surface area contributed by atoms with Crippen molar-refractivity contribution in [2.75, 3.05) is 19.6 Å². The summed E-state index contributed by atoms with van der Waals surface area (Å²) in [5.74, 6) is -0.527. The van der Waals surface area contributed by atoms with Gasteiger partial charge in [0.1, 0.15) is 5.25 Å². The van der Waals surface area contributed by atoms with Gasteiger partial charge in [0.2, 0.25) is 11.8 Å². The van der Waals surface area contributed by atoms with Gasteiger partial charge in [-0.1, -0.05) is 0 Å². The van der Waals surface area contributed by atoms with Crippen molar-refractivity contribution in [3.05, 3.63) is 0 Å². The summed E-state index contributed by atoms with van der Waals surface area (Å²) in [6.07, 6.45) is 0.226. The lowest BCUT2D eigenvalue weighted by Gasteiger charge is -2.15. The standard InChI is InChI=1S/C9H15FN2O4S/c1-7(13)11-3-2-4-12-6-8(5-9(12)14)17(10,15)16/h8H,2-6H2,1H3,(H,11,13). The molecule has 0 radical (unpaired) electrons. The van der Waals surface area contributed by atoms with Crippen LogP contribution in [0.4, 0.5) is 3.89 Å². The Kier molecular flexibility index (Phi) is 4.44. The molecular weight excluding hydrogens is 251 g/mol. The van der Waals surface area contributed by atoms with Crippen molar-refractivity contribution in [3.63, 3.8) is 0 Å². The lowest BCUT2D eigenvalue weighted by molar-refractivity contribution is -0.127. The predicted molar refractivity (Wildman–Crippen MR) is 58.3 cm³/mol. The molecule has 6 nitrogen and oxygen atoms in total. The fourth-order valence-electron chi connectivity index (χ4n) is 1.67. The van der Waals surface area contributed by atoms with Crippen LogP contribution in [0.2, 0.25) is 0 Å². The molecule has 1 atom stereocenters. The average Bonchev–Trinajstić information content (AvgIpc) is 2.54. The van der Waals surface area contributed by atoms with Gasteiger partial charge in [-0.2, -0.15) is 8.42 Å². The van der Waals surface area contributed by atoms with Gasteiger partial charge in [-0.05, 0) is 6.42 Å². The summed E-state index contributed by atoms with van der Waals surface area (Å²) in [6.45, 7) is 2.02. The Hall–Kier alpha value is -1.18. The predicted octanol–water partition coefficient (Wildman–Crippen LogP) is -0.587. The van der Waals surface area contributed by atoms with Gasteiger partial charge in [-0.25, -0.2) is 0 Å². The molecule has 0 aliphatic carbocycles. The molecule has 1 aliphatic rings. The first kappa shape index (κ1) is 13.9. The van der Waals surface area contributed by atoms with Gasteiger partial charge in [-0.3, -0.25) is 9.59 Å². The summed E-state index contributed by atoms with van der Waals surface area (Å²) >= 11 is 0. The Morgan fingerprint density at radius 3 is 2.71 bits per heavy atom. The lowest BCUT2D eigenvalue weighted by atomic mass is 10.4. The average molecular weight is 266 g/mol. The van der Waals surface area contributed by atoms with Crippen molar-refractivity contribution in [1.82, 2.24) is 10.2 Å². The Morgan fingerprint density at radius 1 is 1.59 bits per heavy atom. The van der Waals surface area contributed by atoms with E-state index >= 15 is 0 Å². The van der Waals surface area contributed by atoms with Crippen LogP contribution in [0.3, 0.4) is 0 Å². The summed E-state index contributed by atoms with van der Waals surface area (Å²) in [6, 6.07) is 0. The van der Waals surface area contributed by atoms with Crippen molar-refractivity contribution in [3.8, 4) is 0 Å². The number of rotatable bonds is 5. The van der Waals surface area contributed by atoms with Crippen LogP contribution >= 0.6 is 0 Å². The topological polar surface area (TPSA) is 83.6 Å². The lowest BCUT2D eigenvalue weighted by Crippen LogP contribution is -2.31. The zero-order chi connectivity index (χ0) is 13.1. The van der Waals surface area contributed by atoms with E-state index < -0.39 is 15.5 Å². The first-order chi connectivity index (χ1) is 7.80. The normalized spacial score (nSPS) is 20.7. The largest absolute Gasteiger partial charge is 0.356 e. The van der Waals surface area contributed by atoms with E-state index in [1.807, 2.05) is 0 Å². The third-order valence-electron chi connectivity index (χ3n) is 2.56. The van der Waals surface area contributed by atoms with Crippen LogP contribution in [-0.4, -0.2) is 50.0 Å². The first-order valence-electron chi connectivity index (χ1n) is 5.26. The molecule has 1 saturated heterocycles. The third kappa shape index (κ3) is 4.29. The summed E-state index contributed by atoms with van der Waals surface area (Å²) < 4.78 is 34.0. The van der Waals surface area contributed by atoms with Gasteiger partial charge in [0.15, 0.2) is 0 Å². The zero-order valence-electron chi connectivity index (χ0n) is 9.48. The first-order valence-corrected chi connectivity index (χ1v) is 6.71. The number of hydrogen-bond donors (Lipinski definition) is 1. The summed E-state index contributed by atoms with van der Waals surface area (Å²) in [5.41, 5.74) is 0. The molecule has 0 bridgehead atoms. The molecule has 0 aromatic carbocycles. The molecule has 1 N–H and O–H groups in total. The number of nitrogens with one attached hydrogen (secondary N) is 1. The van der Waals surface area contributed by atoms with E-state index in [9.17, 15) is 21.9 Å². The van der Waals surface area contributed by atoms with E-state index in [1.54, 1.807) is 0 Å². The highest BCUT2D eigenvalue weighted by molar-refractivity contribution is 7.87. The van der Waals surface area contributed by atoms with Gasteiger partial charge in [0.25, 0.3) is 0 Å². The second-order valence-corrected chi connectivity index (χ2v) is 5.60.